The van der Waals surface area contributed by atoms with Crippen LogP contribution in [-0.2, 0) is 11.3 Å². The van der Waals surface area contributed by atoms with Crippen LogP contribution >= 0.6 is 23.1 Å². The normalized spacial score (nSPS) is 14.5. The summed E-state index contributed by atoms with van der Waals surface area (Å²) in [5.41, 5.74) is 1.01. The van der Waals surface area contributed by atoms with Crippen molar-refractivity contribution in [3.8, 4) is 0 Å². The molecule has 7 nitrogen and oxygen atoms in total. The van der Waals surface area contributed by atoms with E-state index in [0.717, 1.165) is 46.8 Å². The van der Waals surface area contributed by atoms with E-state index < -0.39 is 0 Å². The van der Waals surface area contributed by atoms with Crippen LogP contribution < -0.4 is 10.9 Å². The smallest absolute Gasteiger partial charge is 0.263 e. The Balaban J connectivity index is 1.52. The summed E-state index contributed by atoms with van der Waals surface area (Å²) in [6.07, 6.45) is 8.24. The Morgan fingerprint density at radius 2 is 2.10 bits per heavy atom. The molecule has 0 spiro atoms. The molecule has 3 aromatic heterocycles. The van der Waals surface area contributed by atoms with E-state index in [1.165, 1.54) is 24.6 Å². The second-order valence-electron chi connectivity index (χ2n) is 8.10. The molecule has 0 aromatic carbocycles. The van der Waals surface area contributed by atoms with Crippen molar-refractivity contribution in [3.05, 3.63) is 33.1 Å². The van der Waals surface area contributed by atoms with Gasteiger partial charge in [0.1, 0.15) is 10.6 Å². The van der Waals surface area contributed by atoms with Crippen molar-refractivity contribution in [1.29, 1.82) is 0 Å². The van der Waals surface area contributed by atoms with Crippen molar-refractivity contribution in [3.63, 3.8) is 0 Å². The SMILES string of the molecule is CCCCn1c(SCC(=O)Nc2ccnn2C2CCCC2)nc2sc(C)c(C)c2c1=O. The third kappa shape index (κ3) is 4.57. The van der Waals surface area contributed by atoms with Crippen LogP contribution in [0.5, 0.6) is 0 Å². The van der Waals surface area contributed by atoms with Crippen molar-refractivity contribution in [1.82, 2.24) is 19.3 Å². The minimum absolute atomic E-state index is 0.00233. The summed E-state index contributed by atoms with van der Waals surface area (Å²) in [5.74, 6) is 0.831. The molecule has 0 saturated heterocycles. The maximum atomic E-state index is 13.2. The summed E-state index contributed by atoms with van der Waals surface area (Å²) >= 11 is 2.87. The van der Waals surface area contributed by atoms with Gasteiger partial charge in [0.2, 0.25) is 5.91 Å². The lowest BCUT2D eigenvalue weighted by molar-refractivity contribution is -0.113. The Bertz CT molecular complexity index is 1140. The minimum atomic E-state index is -0.111. The quantitative estimate of drug-likeness (QED) is 0.382. The zero-order chi connectivity index (χ0) is 22.0. The minimum Gasteiger partial charge on any atom is -0.310 e. The Labute approximate surface area is 190 Å². The van der Waals surface area contributed by atoms with E-state index in [1.807, 2.05) is 24.6 Å². The van der Waals surface area contributed by atoms with Gasteiger partial charge in [0, 0.05) is 17.5 Å². The van der Waals surface area contributed by atoms with Gasteiger partial charge in [-0.2, -0.15) is 5.10 Å². The Morgan fingerprint density at radius 1 is 1.32 bits per heavy atom. The first kappa shape index (κ1) is 22.1. The number of hydrogen-bond donors (Lipinski definition) is 1. The van der Waals surface area contributed by atoms with Gasteiger partial charge >= 0.3 is 0 Å². The largest absolute Gasteiger partial charge is 0.310 e. The third-order valence-electron chi connectivity index (χ3n) is 5.93. The Morgan fingerprint density at radius 3 is 2.84 bits per heavy atom. The number of hydrogen-bond acceptors (Lipinski definition) is 6. The van der Waals surface area contributed by atoms with Crippen molar-refractivity contribution in [2.45, 2.75) is 77.0 Å². The van der Waals surface area contributed by atoms with Gasteiger partial charge in [-0.15, -0.1) is 11.3 Å². The number of thioether (sulfide) groups is 1. The molecule has 31 heavy (non-hydrogen) atoms. The molecule has 1 saturated carbocycles. The highest BCUT2D eigenvalue weighted by Gasteiger charge is 2.21. The monoisotopic (exact) mass is 459 g/mol. The highest BCUT2D eigenvalue weighted by molar-refractivity contribution is 7.99. The van der Waals surface area contributed by atoms with E-state index in [4.69, 9.17) is 4.98 Å². The molecule has 1 aliphatic carbocycles. The molecule has 9 heteroatoms. The van der Waals surface area contributed by atoms with Crippen molar-refractivity contribution in [2.24, 2.45) is 0 Å². The van der Waals surface area contributed by atoms with E-state index in [-0.39, 0.29) is 17.2 Å². The van der Waals surface area contributed by atoms with E-state index in [2.05, 4.69) is 17.3 Å². The molecular weight excluding hydrogens is 430 g/mol. The standard InChI is InChI=1S/C22H29N5O2S2/c1-4-5-12-26-21(29)19-14(2)15(3)31-20(19)25-22(26)30-13-18(28)24-17-10-11-23-27(17)16-8-6-7-9-16/h10-11,16H,4-9,12-13H2,1-3H3,(H,24,28). The second kappa shape index (κ2) is 9.56. The Kier molecular flexibility index (Phi) is 6.81. The van der Waals surface area contributed by atoms with Crippen molar-refractivity contribution < 1.29 is 4.79 Å². The van der Waals surface area contributed by atoms with Crippen molar-refractivity contribution >= 4 is 45.0 Å². The van der Waals surface area contributed by atoms with Crippen LogP contribution in [0, 0.1) is 13.8 Å². The first-order chi connectivity index (χ1) is 15.0. The number of thiophene rings is 1. The van der Waals surface area contributed by atoms with Gasteiger partial charge in [0.05, 0.1) is 23.4 Å². The molecule has 0 atom stereocenters. The number of fused-ring (bicyclic) bond motifs is 1. The molecule has 1 fully saturated rings. The fourth-order valence-electron chi connectivity index (χ4n) is 4.09. The molecule has 0 radical (unpaired) electrons. The molecule has 1 amide bonds. The van der Waals surface area contributed by atoms with Crippen LogP contribution in [0.25, 0.3) is 10.2 Å². The molecule has 166 valence electrons. The molecule has 0 aliphatic heterocycles. The van der Waals surface area contributed by atoms with Gasteiger partial charge in [-0.1, -0.05) is 37.9 Å². The van der Waals surface area contributed by atoms with Crippen molar-refractivity contribution in [2.75, 3.05) is 11.1 Å². The van der Waals surface area contributed by atoms with E-state index >= 15 is 0 Å². The van der Waals surface area contributed by atoms with Gasteiger partial charge in [-0.05, 0) is 38.7 Å². The topological polar surface area (TPSA) is 81.8 Å². The summed E-state index contributed by atoms with van der Waals surface area (Å²) in [6, 6.07) is 2.21. The summed E-state index contributed by atoms with van der Waals surface area (Å²) in [6.45, 7) is 6.72. The predicted molar refractivity (Wildman–Crippen MR) is 127 cm³/mol. The predicted octanol–water partition coefficient (Wildman–Crippen LogP) is 4.92. The van der Waals surface area contributed by atoms with E-state index in [9.17, 15) is 9.59 Å². The lowest BCUT2D eigenvalue weighted by Gasteiger charge is -2.15. The summed E-state index contributed by atoms with van der Waals surface area (Å²) in [7, 11) is 0. The molecule has 4 rings (SSSR count). The molecule has 3 aromatic rings. The molecule has 0 unspecified atom stereocenters. The van der Waals surface area contributed by atoms with Gasteiger partial charge in [-0.25, -0.2) is 9.67 Å². The van der Waals surface area contributed by atoms with Gasteiger partial charge in [0.25, 0.3) is 5.56 Å². The molecule has 1 aliphatic rings. The summed E-state index contributed by atoms with van der Waals surface area (Å²) < 4.78 is 3.68. The number of aromatic nitrogens is 4. The average molecular weight is 460 g/mol. The number of amides is 1. The fraction of sp³-hybridized carbons (Fsp3) is 0.545. The number of nitrogens with one attached hydrogen (secondary N) is 1. The molecule has 3 heterocycles. The van der Waals surface area contributed by atoms with Crippen LogP contribution in [0.4, 0.5) is 5.82 Å². The van der Waals surface area contributed by atoms with Crippen LogP contribution in [-0.4, -0.2) is 31.0 Å². The maximum Gasteiger partial charge on any atom is 0.263 e. The highest BCUT2D eigenvalue weighted by atomic mass is 32.2. The fourth-order valence-corrected chi connectivity index (χ4v) is 5.99. The first-order valence-corrected chi connectivity index (χ1v) is 12.8. The number of anilines is 1. The summed E-state index contributed by atoms with van der Waals surface area (Å²) in [4.78, 5) is 32.5. The van der Waals surface area contributed by atoms with Gasteiger partial charge < -0.3 is 5.32 Å². The number of rotatable bonds is 8. The van der Waals surface area contributed by atoms with Crippen LogP contribution in [0.2, 0.25) is 0 Å². The number of nitrogens with zero attached hydrogens (tertiary/aromatic N) is 4. The average Bonchev–Trinajstić information content (AvgIpc) is 3.47. The zero-order valence-corrected chi connectivity index (χ0v) is 19.9. The molecule has 1 N–H and O–H groups in total. The molecule has 0 bridgehead atoms. The van der Waals surface area contributed by atoms with Gasteiger partial charge in [-0.3, -0.25) is 14.2 Å². The number of unbranched alkanes of at least 4 members (excludes halogenated alkanes) is 1. The molecular formula is C22H29N5O2S2. The summed E-state index contributed by atoms with van der Waals surface area (Å²) in [5, 5.41) is 8.74. The second-order valence-corrected chi connectivity index (χ2v) is 10.2. The van der Waals surface area contributed by atoms with Crippen LogP contribution in [0.1, 0.15) is 61.9 Å². The van der Waals surface area contributed by atoms with Crippen LogP contribution in [0.3, 0.4) is 0 Å². The Hall–Kier alpha value is -2.13. The zero-order valence-electron chi connectivity index (χ0n) is 18.3. The van der Waals surface area contributed by atoms with Gasteiger partial charge in [0.15, 0.2) is 5.16 Å². The third-order valence-corrected chi connectivity index (χ3v) is 8.01. The van der Waals surface area contributed by atoms with Crippen LogP contribution in [0.15, 0.2) is 22.2 Å². The number of aryl methyl sites for hydroxylation is 2. The first-order valence-electron chi connectivity index (χ1n) is 11.0. The lowest BCUT2D eigenvalue weighted by Crippen LogP contribution is -2.24. The number of carbonyl (C=O) groups excluding carboxylic acids is 1. The lowest BCUT2D eigenvalue weighted by atomic mass is 10.2. The maximum absolute atomic E-state index is 13.2. The van der Waals surface area contributed by atoms with E-state index in [0.29, 0.717) is 23.1 Å². The number of carbonyl (C=O) groups is 1. The highest BCUT2D eigenvalue weighted by Crippen LogP contribution is 2.31. The van der Waals surface area contributed by atoms with E-state index in [1.54, 1.807) is 22.1 Å².